The molecule has 6 nitrogen and oxygen atoms in total. The van der Waals surface area contributed by atoms with Crippen molar-refractivity contribution in [2.24, 2.45) is 4.99 Å². The number of rotatable bonds is 4. The van der Waals surface area contributed by atoms with Gasteiger partial charge >= 0.3 is 5.97 Å². The SMILES string of the molecule is COC(=O)C(C)N=Cc1ccc([N+](=O)[O-])cc1. The number of methoxy groups -OCH3 is 1. The maximum Gasteiger partial charge on any atom is 0.330 e. The van der Waals surface area contributed by atoms with Gasteiger partial charge in [0.15, 0.2) is 0 Å². The minimum absolute atomic E-state index is 0.0168. The van der Waals surface area contributed by atoms with E-state index in [1.165, 1.54) is 25.5 Å². The second-order valence-electron chi connectivity index (χ2n) is 3.33. The zero-order valence-electron chi connectivity index (χ0n) is 9.49. The molecule has 0 saturated heterocycles. The van der Waals surface area contributed by atoms with Crippen LogP contribution < -0.4 is 0 Å². The fourth-order valence-corrected chi connectivity index (χ4v) is 1.11. The fourth-order valence-electron chi connectivity index (χ4n) is 1.11. The summed E-state index contributed by atoms with van der Waals surface area (Å²) in [6.07, 6.45) is 1.48. The molecule has 17 heavy (non-hydrogen) atoms. The van der Waals surface area contributed by atoms with Crippen LogP contribution in [0.4, 0.5) is 5.69 Å². The standard InChI is InChI=1S/C11H12N2O4/c1-8(11(14)17-2)12-7-9-3-5-10(6-4-9)13(15)16/h3-8H,1-2H3. The van der Waals surface area contributed by atoms with Crippen LogP contribution in [0.2, 0.25) is 0 Å². The highest BCUT2D eigenvalue weighted by Gasteiger charge is 2.09. The maximum atomic E-state index is 11.1. The number of carbonyl (C=O) groups is 1. The largest absolute Gasteiger partial charge is 0.467 e. The summed E-state index contributed by atoms with van der Waals surface area (Å²) >= 11 is 0. The summed E-state index contributed by atoms with van der Waals surface area (Å²) in [6.45, 7) is 1.60. The van der Waals surface area contributed by atoms with Gasteiger partial charge in [0, 0.05) is 18.3 Å². The predicted molar refractivity (Wildman–Crippen MR) is 62.2 cm³/mol. The molecule has 6 heteroatoms. The van der Waals surface area contributed by atoms with Gasteiger partial charge in [0.1, 0.15) is 6.04 Å². The number of nitrogens with zero attached hydrogens (tertiary/aromatic N) is 2. The van der Waals surface area contributed by atoms with Crippen LogP contribution in [0.5, 0.6) is 0 Å². The van der Waals surface area contributed by atoms with Crippen molar-refractivity contribution in [3.8, 4) is 0 Å². The molecule has 0 aliphatic heterocycles. The number of hydrogen-bond acceptors (Lipinski definition) is 5. The number of nitro groups is 1. The monoisotopic (exact) mass is 236 g/mol. The molecule has 0 aromatic heterocycles. The van der Waals surface area contributed by atoms with E-state index in [4.69, 9.17) is 0 Å². The summed E-state index contributed by atoms with van der Waals surface area (Å²) in [5.74, 6) is -0.428. The van der Waals surface area contributed by atoms with Gasteiger partial charge in [-0.05, 0) is 24.6 Å². The Balaban J connectivity index is 2.72. The van der Waals surface area contributed by atoms with Crippen LogP contribution in [-0.2, 0) is 9.53 Å². The number of ether oxygens (including phenoxy) is 1. The Bertz CT molecular complexity index is 439. The lowest BCUT2D eigenvalue weighted by Crippen LogP contribution is -2.16. The molecule has 0 aliphatic rings. The molecule has 0 radical (unpaired) electrons. The first-order valence-electron chi connectivity index (χ1n) is 4.90. The summed E-state index contributed by atoms with van der Waals surface area (Å²) in [4.78, 5) is 25.0. The zero-order chi connectivity index (χ0) is 12.8. The Labute approximate surface area is 98.1 Å². The summed E-state index contributed by atoms with van der Waals surface area (Å²) in [7, 11) is 1.29. The maximum absolute atomic E-state index is 11.1. The van der Waals surface area contributed by atoms with Crippen molar-refractivity contribution in [3.63, 3.8) is 0 Å². The van der Waals surface area contributed by atoms with E-state index in [1.54, 1.807) is 19.1 Å². The van der Waals surface area contributed by atoms with Crippen LogP contribution >= 0.6 is 0 Å². The molecule has 1 aromatic rings. The van der Waals surface area contributed by atoms with E-state index < -0.39 is 16.9 Å². The number of carbonyl (C=O) groups excluding carboxylic acids is 1. The summed E-state index contributed by atoms with van der Waals surface area (Å²) < 4.78 is 4.51. The van der Waals surface area contributed by atoms with Gasteiger partial charge < -0.3 is 4.74 Å². The van der Waals surface area contributed by atoms with E-state index in [9.17, 15) is 14.9 Å². The fraction of sp³-hybridized carbons (Fsp3) is 0.273. The van der Waals surface area contributed by atoms with Crippen molar-refractivity contribution in [2.45, 2.75) is 13.0 Å². The van der Waals surface area contributed by atoms with Gasteiger partial charge in [-0.1, -0.05) is 0 Å². The highest BCUT2D eigenvalue weighted by Crippen LogP contribution is 2.10. The number of benzene rings is 1. The smallest absolute Gasteiger partial charge is 0.330 e. The molecule has 0 N–H and O–H groups in total. The zero-order valence-corrected chi connectivity index (χ0v) is 9.49. The molecular weight excluding hydrogens is 224 g/mol. The molecule has 0 saturated carbocycles. The first-order valence-corrected chi connectivity index (χ1v) is 4.90. The van der Waals surface area contributed by atoms with Crippen molar-refractivity contribution in [3.05, 3.63) is 39.9 Å². The lowest BCUT2D eigenvalue weighted by atomic mass is 10.2. The minimum Gasteiger partial charge on any atom is -0.467 e. The molecule has 0 fully saturated rings. The van der Waals surface area contributed by atoms with Gasteiger partial charge in [0.25, 0.3) is 5.69 Å². The average Bonchev–Trinajstić information content (AvgIpc) is 2.35. The summed E-state index contributed by atoms with van der Waals surface area (Å²) in [6, 6.07) is 5.29. The van der Waals surface area contributed by atoms with Crippen LogP contribution in [0.1, 0.15) is 12.5 Å². The minimum atomic E-state index is -0.588. The second kappa shape index (κ2) is 5.74. The Morgan fingerprint density at radius 2 is 2.06 bits per heavy atom. The van der Waals surface area contributed by atoms with E-state index in [0.29, 0.717) is 5.56 Å². The van der Waals surface area contributed by atoms with E-state index >= 15 is 0 Å². The van der Waals surface area contributed by atoms with E-state index in [-0.39, 0.29) is 5.69 Å². The number of esters is 1. The quantitative estimate of drug-likeness (QED) is 0.344. The molecule has 0 bridgehead atoms. The Morgan fingerprint density at radius 3 is 2.53 bits per heavy atom. The number of nitro benzene ring substituents is 1. The van der Waals surface area contributed by atoms with Crippen molar-refractivity contribution in [2.75, 3.05) is 7.11 Å². The highest BCUT2D eigenvalue weighted by atomic mass is 16.6. The lowest BCUT2D eigenvalue weighted by molar-refractivity contribution is -0.384. The van der Waals surface area contributed by atoms with Gasteiger partial charge in [-0.15, -0.1) is 0 Å². The van der Waals surface area contributed by atoms with Crippen LogP contribution in [0.3, 0.4) is 0 Å². The van der Waals surface area contributed by atoms with Gasteiger partial charge in [0.05, 0.1) is 12.0 Å². The molecule has 0 aliphatic carbocycles. The molecule has 1 atom stereocenters. The molecule has 0 heterocycles. The van der Waals surface area contributed by atoms with Crippen LogP contribution in [0.25, 0.3) is 0 Å². The summed E-state index contributed by atoms with van der Waals surface area (Å²) in [5.41, 5.74) is 0.703. The highest BCUT2D eigenvalue weighted by molar-refractivity contribution is 5.84. The Morgan fingerprint density at radius 1 is 1.47 bits per heavy atom. The Hall–Kier alpha value is -2.24. The van der Waals surface area contributed by atoms with Crippen LogP contribution in [-0.4, -0.2) is 30.3 Å². The molecular formula is C11H12N2O4. The predicted octanol–water partition coefficient (Wildman–Crippen LogP) is 1.58. The number of hydrogen-bond donors (Lipinski definition) is 0. The van der Waals surface area contributed by atoms with Gasteiger partial charge in [-0.3, -0.25) is 15.1 Å². The van der Waals surface area contributed by atoms with Crippen LogP contribution in [0, 0.1) is 10.1 Å². The van der Waals surface area contributed by atoms with Gasteiger partial charge in [-0.25, -0.2) is 4.79 Å². The third-order valence-corrected chi connectivity index (χ3v) is 2.09. The second-order valence-corrected chi connectivity index (χ2v) is 3.33. The van der Waals surface area contributed by atoms with Crippen LogP contribution in [0.15, 0.2) is 29.3 Å². The molecule has 1 rings (SSSR count). The number of aliphatic imine (C=N–C) groups is 1. The van der Waals surface area contributed by atoms with Gasteiger partial charge in [-0.2, -0.15) is 0 Å². The normalized spacial score (nSPS) is 12.4. The average molecular weight is 236 g/mol. The Kier molecular flexibility index (Phi) is 4.33. The molecule has 90 valence electrons. The van der Waals surface area contributed by atoms with Crippen molar-refractivity contribution < 1.29 is 14.5 Å². The van der Waals surface area contributed by atoms with E-state index in [0.717, 1.165) is 0 Å². The first-order chi connectivity index (χ1) is 8.04. The number of non-ortho nitro benzene ring substituents is 1. The topological polar surface area (TPSA) is 81.8 Å². The third-order valence-electron chi connectivity index (χ3n) is 2.09. The molecule has 0 amide bonds. The summed E-state index contributed by atoms with van der Waals surface area (Å²) in [5, 5.41) is 10.4. The lowest BCUT2D eigenvalue weighted by Gasteiger charge is -2.02. The molecule has 0 spiro atoms. The van der Waals surface area contributed by atoms with E-state index in [2.05, 4.69) is 9.73 Å². The van der Waals surface area contributed by atoms with Gasteiger partial charge in [0.2, 0.25) is 0 Å². The van der Waals surface area contributed by atoms with Crippen molar-refractivity contribution in [1.29, 1.82) is 0 Å². The molecule has 1 unspecified atom stereocenters. The van der Waals surface area contributed by atoms with Crippen molar-refractivity contribution >= 4 is 17.9 Å². The molecule has 1 aromatic carbocycles. The first kappa shape index (κ1) is 12.8. The third kappa shape index (κ3) is 3.67. The van der Waals surface area contributed by atoms with E-state index in [1.807, 2.05) is 0 Å². The van der Waals surface area contributed by atoms with Crippen molar-refractivity contribution in [1.82, 2.24) is 0 Å².